The highest BCUT2D eigenvalue weighted by atomic mass is 16.6. The highest BCUT2D eigenvalue weighted by molar-refractivity contribution is 5.85. The van der Waals surface area contributed by atoms with E-state index in [9.17, 15) is 9.59 Å². The molecule has 1 saturated heterocycles. The van der Waals surface area contributed by atoms with Gasteiger partial charge in [-0.25, -0.2) is 9.59 Å². The maximum Gasteiger partial charge on any atom is 0.407 e. The van der Waals surface area contributed by atoms with Gasteiger partial charge in [-0.05, 0) is 45.2 Å². The third-order valence-electron chi connectivity index (χ3n) is 3.95. The first-order chi connectivity index (χ1) is 10.7. The molecule has 0 aromatic carbocycles. The summed E-state index contributed by atoms with van der Waals surface area (Å²) < 4.78 is 10.7. The number of hydrogen-bond donors (Lipinski definition) is 3. The van der Waals surface area contributed by atoms with Crippen molar-refractivity contribution in [3.05, 3.63) is 23.5 Å². The Morgan fingerprint density at radius 1 is 1.39 bits per heavy atom. The molecule has 2 rings (SSSR count). The van der Waals surface area contributed by atoms with Crippen LogP contribution in [0.1, 0.15) is 49.7 Å². The number of aromatic amines is 1. The van der Waals surface area contributed by atoms with Crippen LogP contribution in [0.2, 0.25) is 0 Å². The van der Waals surface area contributed by atoms with Crippen molar-refractivity contribution < 1.29 is 24.2 Å². The third-order valence-corrected chi connectivity index (χ3v) is 3.95. The van der Waals surface area contributed by atoms with Gasteiger partial charge in [-0.1, -0.05) is 0 Å². The van der Waals surface area contributed by atoms with E-state index in [2.05, 4.69) is 10.3 Å². The van der Waals surface area contributed by atoms with Crippen LogP contribution in [0.3, 0.4) is 0 Å². The molecule has 7 heteroatoms. The number of ether oxygens (including phenoxy) is 2. The van der Waals surface area contributed by atoms with E-state index in [1.54, 1.807) is 12.3 Å². The van der Waals surface area contributed by atoms with Crippen LogP contribution in [0.4, 0.5) is 4.79 Å². The standard InChI is InChI=1S/C16H24N2O5/c1-15(2,3)23-14(21)18-10-16(4-6-22-7-5-16)11-8-12(13(19)20)17-9-11/h8-9,17H,4-7,10H2,1-3H3,(H,18,21)(H,19,20). The monoisotopic (exact) mass is 324 g/mol. The second-order valence-electron chi connectivity index (χ2n) is 6.86. The molecule has 0 spiro atoms. The summed E-state index contributed by atoms with van der Waals surface area (Å²) in [6.07, 6.45) is 2.64. The number of alkyl carbamates (subject to hydrolysis) is 1. The van der Waals surface area contributed by atoms with E-state index in [4.69, 9.17) is 14.6 Å². The number of H-pyrrole nitrogens is 1. The van der Waals surface area contributed by atoms with Crippen molar-refractivity contribution in [1.29, 1.82) is 0 Å². The molecule has 1 aliphatic heterocycles. The molecular weight excluding hydrogens is 300 g/mol. The number of hydrogen-bond acceptors (Lipinski definition) is 4. The lowest BCUT2D eigenvalue weighted by Crippen LogP contribution is -2.45. The molecule has 0 saturated carbocycles. The van der Waals surface area contributed by atoms with E-state index in [1.165, 1.54) is 0 Å². The van der Waals surface area contributed by atoms with Crippen LogP contribution >= 0.6 is 0 Å². The molecule has 1 fully saturated rings. The minimum atomic E-state index is -1.00. The Kier molecular flexibility index (Phi) is 4.99. The molecule has 1 amide bonds. The van der Waals surface area contributed by atoms with Crippen molar-refractivity contribution in [2.24, 2.45) is 0 Å². The maximum absolute atomic E-state index is 11.9. The summed E-state index contributed by atoms with van der Waals surface area (Å²) >= 11 is 0. The summed E-state index contributed by atoms with van der Waals surface area (Å²) in [6.45, 7) is 6.95. The van der Waals surface area contributed by atoms with Gasteiger partial charge in [0.2, 0.25) is 0 Å². The molecule has 23 heavy (non-hydrogen) atoms. The Balaban J connectivity index is 2.12. The molecule has 0 radical (unpaired) electrons. The predicted molar refractivity (Wildman–Crippen MR) is 83.7 cm³/mol. The molecule has 0 unspecified atom stereocenters. The van der Waals surface area contributed by atoms with Gasteiger partial charge in [0.15, 0.2) is 0 Å². The van der Waals surface area contributed by atoms with Crippen LogP contribution in [-0.2, 0) is 14.9 Å². The number of amides is 1. The van der Waals surface area contributed by atoms with Crippen LogP contribution in [0, 0.1) is 0 Å². The third kappa shape index (κ3) is 4.48. The zero-order valence-electron chi connectivity index (χ0n) is 13.8. The summed E-state index contributed by atoms with van der Waals surface area (Å²) in [7, 11) is 0. The van der Waals surface area contributed by atoms with Crippen LogP contribution in [0.5, 0.6) is 0 Å². The maximum atomic E-state index is 11.9. The van der Waals surface area contributed by atoms with E-state index in [1.807, 2.05) is 20.8 Å². The number of aromatic nitrogens is 1. The van der Waals surface area contributed by atoms with Gasteiger partial charge in [-0.15, -0.1) is 0 Å². The largest absolute Gasteiger partial charge is 0.477 e. The Labute approximate surface area is 135 Å². The van der Waals surface area contributed by atoms with Gasteiger partial charge in [0.05, 0.1) is 0 Å². The molecule has 1 aliphatic rings. The quantitative estimate of drug-likeness (QED) is 0.789. The van der Waals surface area contributed by atoms with E-state index in [0.29, 0.717) is 32.6 Å². The van der Waals surface area contributed by atoms with Crippen LogP contribution in [0.25, 0.3) is 0 Å². The SMILES string of the molecule is CC(C)(C)OC(=O)NCC1(c2c[nH]c(C(=O)O)c2)CCOCC1. The zero-order valence-corrected chi connectivity index (χ0v) is 13.8. The lowest BCUT2D eigenvalue weighted by molar-refractivity contribution is 0.0373. The second-order valence-corrected chi connectivity index (χ2v) is 6.86. The van der Waals surface area contributed by atoms with Crippen LogP contribution < -0.4 is 5.32 Å². The Hall–Kier alpha value is -2.02. The first-order valence-electron chi connectivity index (χ1n) is 7.69. The highest BCUT2D eigenvalue weighted by Crippen LogP contribution is 2.34. The summed E-state index contributed by atoms with van der Waals surface area (Å²) in [5, 5.41) is 11.9. The molecule has 1 aromatic rings. The molecule has 1 aromatic heterocycles. The van der Waals surface area contributed by atoms with Gasteiger partial charge in [0.25, 0.3) is 0 Å². The normalized spacial score (nSPS) is 17.5. The summed E-state index contributed by atoms with van der Waals surface area (Å²) in [4.78, 5) is 25.8. The number of carbonyl (C=O) groups excluding carboxylic acids is 1. The molecule has 7 nitrogen and oxygen atoms in total. The van der Waals surface area contributed by atoms with Gasteiger partial charge in [0.1, 0.15) is 11.3 Å². The van der Waals surface area contributed by atoms with Crippen LogP contribution in [-0.4, -0.2) is 47.5 Å². The van der Waals surface area contributed by atoms with Crippen molar-refractivity contribution in [2.75, 3.05) is 19.8 Å². The molecule has 3 N–H and O–H groups in total. The number of carboxylic acids is 1. The van der Waals surface area contributed by atoms with Crippen molar-refractivity contribution in [1.82, 2.24) is 10.3 Å². The molecule has 0 atom stereocenters. The number of carboxylic acid groups (broad SMARTS) is 1. The minimum Gasteiger partial charge on any atom is -0.477 e. The molecular formula is C16H24N2O5. The fourth-order valence-electron chi connectivity index (χ4n) is 2.71. The first kappa shape index (κ1) is 17.3. The van der Waals surface area contributed by atoms with Gasteiger partial charge < -0.3 is 24.9 Å². The van der Waals surface area contributed by atoms with Crippen molar-refractivity contribution in [2.45, 2.75) is 44.6 Å². The second kappa shape index (κ2) is 6.62. The average molecular weight is 324 g/mol. The lowest BCUT2D eigenvalue weighted by atomic mass is 9.75. The Morgan fingerprint density at radius 3 is 2.57 bits per heavy atom. The van der Waals surface area contributed by atoms with Gasteiger partial charge in [0, 0.05) is 31.4 Å². The minimum absolute atomic E-state index is 0.142. The molecule has 128 valence electrons. The fourth-order valence-corrected chi connectivity index (χ4v) is 2.71. The fraction of sp³-hybridized carbons (Fsp3) is 0.625. The van der Waals surface area contributed by atoms with Gasteiger partial charge in [-0.2, -0.15) is 0 Å². The van der Waals surface area contributed by atoms with Gasteiger partial charge in [-0.3, -0.25) is 0 Å². The van der Waals surface area contributed by atoms with Crippen LogP contribution in [0.15, 0.2) is 12.3 Å². The molecule has 2 heterocycles. The first-order valence-corrected chi connectivity index (χ1v) is 7.69. The number of carbonyl (C=O) groups is 2. The average Bonchev–Trinajstić information content (AvgIpc) is 2.95. The lowest BCUT2D eigenvalue weighted by Gasteiger charge is -2.37. The van der Waals surface area contributed by atoms with Crippen molar-refractivity contribution in [3.8, 4) is 0 Å². The summed E-state index contributed by atoms with van der Waals surface area (Å²) in [5.74, 6) is -1.00. The van der Waals surface area contributed by atoms with E-state index in [-0.39, 0.29) is 11.1 Å². The topological polar surface area (TPSA) is 101 Å². The van der Waals surface area contributed by atoms with Gasteiger partial charge >= 0.3 is 12.1 Å². The van der Waals surface area contributed by atoms with E-state index >= 15 is 0 Å². The Bertz CT molecular complexity index is 567. The molecule has 0 bridgehead atoms. The smallest absolute Gasteiger partial charge is 0.407 e. The summed E-state index contributed by atoms with van der Waals surface area (Å²) in [6, 6.07) is 1.63. The molecule has 0 aliphatic carbocycles. The van der Waals surface area contributed by atoms with E-state index < -0.39 is 17.7 Å². The van der Waals surface area contributed by atoms with E-state index in [0.717, 1.165) is 5.56 Å². The number of aromatic carboxylic acids is 1. The van der Waals surface area contributed by atoms with Crippen molar-refractivity contribution in [3.63, 3.8) is 0 Å². The Morgan fingerprint density at radius 2 is 2.04 bits per heavy atom. The van der Waals surface area contributed by atoms with Crippen molar-refractivity contribution >= 4 is 12.1 Å². The summed E-state index contributed by atoms with van der Waals surface area (Å²) in [5.41, 5.74) is 0.106. The highest BCUT2D eigenvalue weighted by Gasteiger charge is 2.36. The number of rotatable bonds is 4. The predicted octanol–water partition coefficient (Wildman–Crippen LogP) is 2.29. The zero-order chi connectivity index (χ0) is 17.1. The number of nitrogens with one attached hydrogen (secondary N) is 2.